The number of benzene rings is 1. The fraction of sp³-hybridized carbons (Fsp3) is 0.579. The molecule has 6 heteroatoms. The highest BCUT2D eigenvalue weighted by atomic mass is 16.5. The molecule has 0 aliphatic carbocycles. The molecule has 0 radical (unpaired) electrons. The molecule has 1 aromatic carbocycles. The van der Waals surface area contributed by atoms with Crippen LogP contribution in [0.15, 0.2) is 24.3 Å². The van der Waals surface area contributed by atoms with Crippen LogP contribution in [0, 0.1) is 0 Å². The number of ether oxygens (including phenoxy) is 2. The van der Waals surface area contributed by atoms with Crippen molar-refractivity contribution in [1.82, 2.24) is 9.80 Å². The third-order valence-corrected chi connectivity index (χ3v) is 5.23. The maximum absolute atomic E-state index is 12.8. The molecule has 0 unspecified atom stereocenters. The van der Waals surface area contributed by atoms with Crippen LogP contribution < -0.4 is 4.74 Å². The van der Waals surface area contributed by atoms with E-state index in [4.69, 9.17) is 9.47 Å². The molecule has 0 saturated carbocycles. The summed E-state index contributed by atoms with van der Waals surface area (Å²) in [7, 11) is 3.27. The van der Waals surface area contributed by atoms with Gasteiger partial charge in [-0.15, -0.1) is 0 Å². The Balaban J connectivity index is 1.67. The van der Waals surface area contributed by atoms with Crippen LogP contribution in [-0.4, -0.2) is 67.6 Å². The summed E-state index contributed by atoms with van der Waals surface area (Å²) in [6, 6.07) is 7.89. The van der Waals surface area contributed by atoms with Gasteiger partial charge in [-0.25, -0.2) is 0 Å². The minimum Gasteiger partial charge on any atom is -0.497 e. The van der Waals surface area contributed by atoms with Crippen molar-refractivity contribution in [2.75, 3.05) is 33.9 Å². The summed E-state index contributed by atoms with van der Waals surface area (Å²) in [6.07, 6.45) is 2.49. The summed E-state index contributed by atoms with van der Waals surface area (Å²) >= 11 is 0. The number of rotatable bonds is 6. The van der Waals surface area contributed by atoms with E-state index >= 15 is 0 Å². The first-order chi connectivity index (χ1) is 12.1. The van der Waals surface area contributed by atoms with Crippen LogP contribution in [0.3, 0.4) is 0 Å². The maximum atomic E-state index is 12.8. The number of hydrogen-bond donors (Lipinski definition) is 0. The number of carbonyl (C=O) groups excluding carboxylic acids is 2. The highest BCUT2D eigenvalue weighted by Crippen LogP contribution is 2.31. The normalized spacial score (nSPS) is 22.9. The first-order valence-electron chi connectivity index (χ1n) is 8.85. The van der Waals surface area contributed by atoms with E-state index in [2.05, 4.69) is 0 Å². The van der Waals surface area contributed by atoms with Gasteiger partial charge in [-0.1, -0.05) is 12.1 Å². The van der Waals surface area contributed by atoms with Crippen molar-refractivity contribution in [3.63, 3.8) is 0 Å². The Hall–Kier alpha value is -2.08. The van der Waals surface area contributed by atoms with Crippen molar-refractivity contribution >= 4 is 11.8 Å². The van der Waals surface area contributed by atoms with E-state index in [1.807, 2.05) is 34.1 Å². The van der Waals surface area contributed by atoms with Crippen molar-refractivity contribution in [2.45, 2.75) is 37.8 Å². The van der Waals surface area contributed by atoms with Gasteiger partial charge in [0.2, 0.25) is 11.8 Å². The topological polar surface area (TPSA) is 59.1 Å². The number of likely N-dealkylation sites (tertiary alicyclic amines) is 2. The first kappa shape index (κ1) is 17.7. The Morgan fingerprint density at radius 2 is 2.08 bits per heavy atom. The summed E-state index contributed by atoms with van der Waals surface area (Å²) in [4.78, 5) is 28.9. The van der Waals surface area contributed by atoms with Crippen LogP contribution in [-0.2, 0) is 20.7 Å². The molecule has 2 atom stereocenters. The Labute approximate surface area is 148 Å². The minimum absolute atomic E-state index is 0.127. The van der Waals surface area contributed by atoms with Crippen molar-refractivity contribution in [3.05, 3.63) is 29.8 Å². The zero-order valence-electron chi connectivity index (χ0n) is 14.9. The van der Waals surface area contributed by atoms with Crippen LogP contribution in [0.25, 0.3) is 0 Å². The predicted molar refractivity (Wildman–Crippen MR) is 93.4 cm³/mol. The highest BCUT2D eigenvalue weighted by Gasteiger charge is 2.44. The lowest BCUT2D eigenvalue weighted by molar-refractivity contribution is -0.142. The van der Waals surface area contributed by atoms with Gasteiger partial charge in [0.15, 0.2) is 0 Å². The molecule has 25 heavy (non-hydrogen) atoms. The molecule has 1 aromatic rings. The quantitative estimate of drug-likeness (QED) is 0.783. The van der Waals surface area contributed by atoms with E-state index in [0.29, 0.717) is 26.0 Å². The number of hydrogen-bond acceptors (Lipinski definition) is 4. The third kappa shape index (κ3) is 3.79. The maximum Gasteiger partial charge on any atom is 0.227 e. The fourth-order valence-corrected chi connectivity index (χ4v) is 4.00. The second-order valence-corrected chi connectivity index (χ2v) is 6.66. The Kier molecular flexibility index (Phi) is 5.58. The number of amides is 2. The van der Waals surface area contributed by atoms with E-state index in [-0.39, 0.29) is 23.9 Å². The van der Waals surface area contributed by atoms with Crippen molar-refractivity contribution in [1.29, 1.82) is 0 Å². The fourth-order valence-electron chi connectivity index (χ4n) is 4.00. The van der Waals surface area contributed by atoms with Crippen molar-refractivity contribution in [3.8, 4) is 5.75 Å². The average molecular weight is 346 g/mol. The molecular weight excluding hydrogens is 320 g/mol. The molecule has 3 rings (SSSR count). The van der Waals surface area contributed by atoms with Gasteiger partial charge in [0.25, 0.3) is 0 Å². The predicted octanol–water partition coefficient (Wildman–Crippen LogP) is 1.48. The van der Waals surface area contributed by atoms with Gasteiger partial charge in [-0.05, 0) is 30.5 Å². The molecule has 2 aliphatic rings. The van der Waals surface area contributed by atoms with Crippen molar-refractivity contribution < 1.29 is 19.1 Å². The molecule has 0 aromatic heterocycles. The van der Waals surface area contributed by atoms with Crippen LogP contribution in [0.2, 0.25) is 0 Å². The number of piperidine rings is 1. The van der Waals surface area contributed by atoms with Gasteiger partial charge in [0.05, 0.1) is 32.2 Å². The monoisotopic (exact) mass is 346 g/mol. The van der Waals surface area contributed by atoms with E-state index < -0.39 is 0 Å². The molecule has 2 saturated heterocycles. The summed E-state index contributed by atoms with van der Waals surface area (Å²) in [5, 5.41) is 0. The SMILES string of the molecule is COCCN1C(=O)CC[C@@H]2[C@H]1CCN2C(=O)Cc1cccc(OC)c1. The van der Waals surface area contributed by atoms with Gasteiger partial charge >= 0.3 is 0 Å². The van der Waals surface area contributed by atoms with Gasteiger partial charge < -0.3 is 19.3 Å². The van der Waals surface area contributed by atoms with Gasteiger partial charge in [0.1, 0.15) is 5.75 Å². The van der Waals surface area contributed by atoms with Crippen LogP contribution >= 0.6 is 0 Å². The van der Waals surface area contributed by atoms with Crippen molar-refractivity contribution in [2.24, 2.45) is 0 Å². The van der Waals surface area contributed by atoms with Crippen LogP contribution in [0.1, 0.15) is 24.8 Å². The molecule has 136 valence electrons. The summed E-state index contributed by atoms with van der Waals surface area (Å²) < 4.78 is 10.4. The molecular formula is C19H26N2O4. The Morgan fingerprint density at radius 1 is 1.24 bits per heavy atom. The summed E-state index contributed by atoms with van der Waals surface area (Å²) in [5.74, 6) is 1.07. The van der Waals surface area contributed by atoms with Gasteiger partial charge in [-0.2, -0.15) is 0 Å². The second-order valence-electron chi connectivity index (χ2n) is 6.66. The zero-order chi connectivity index (χ0) is 17.8. The standard InChI is InChI=1S/C19H26N2O4/c1-24-11-10-21-17-8-9-20(16(17)6-7-18(21)22)19(23)13-14-4-3-5-15(12-14)25-2/h3-5,12,16-17H,6-11,13H2,1-2H3/t16-,17-/m1/s1. The number of carbonyl (C=O) groups is 2. The summed E-state index contributed by atoms with van der Waals surface area (Å²) in [5.41, 5.74) is 0.955. The van der Waals surface area contributed by atoms with E-state index in [9.17, 15) is 9.59 Å². The molecule has 2 aliphatic heterocycles. The van der Waals surface area contributed by atoms with Gasteiger partial charge in [-0.3, -0.25) is 9.59 Å². The van der Waals surface area contributed by atoms with Crippen LogP contribution in [0.4, 0.5) is 0 Å². The molecule has 6 nitrogen and oxygen atoms in total. The molecule has 2 heterocycles. The lowest BCUT2D eigenvalue weighted by atomic mass is 9.96. The Morgan fingerprint density at radius 3 is 2.84 bits per heavy atom. The lowest BCUT2D eigenvalue weighted by Gasteiger charge is -2.39. The number of nitrogens with zero attached hydrogens (tertiary/aromatic N) is 2. The van der Waals surface area contributed by atoms with Crippen LogP contribution in [0.5, 0.6) is 5.75 Å². The summed E-state index contributed by atoms with van der Waals surface area (Å²) in [6.45, 7) is 1.86. The minimum atomic E-state index is 0.127. The lowest BCUT2D eigenvalue weighted by Crippen LogP contribution is -2.54. The molecule has 2 fully saturated rings. The largest absolute Gasteiger partial charge is 0.497 e. The molecule has 2 amide bonds. The number of methoxy groups -OCH3 is 2. The number of fused-ring (bicyclic) bond motifs is 1. The molecule has 0 bridgehead atoms. The third-order valence-electron chi connectivity index (χ3n) is 5.23. The second kappa shape index (κ2) is 7.87. The van der Waals surface area contributed by atoms with Gasteiger partial charge in [0, 0.05) is 26.6 Å². The zero-order valence-corrected chi connectivity index (χ0v) is 14.9. The molecule has 0 spiro atoms. The molecule has 0 N–H and O–H groups in total. The van der Waals surface area contributed by atoms with E-state index in [1.165, 1.54) is 0 Å². The highest BCUT2D eigenvalue weighted by molar-refractivity contribution is 5.81. The Bertz CT molecular complexity index is 634. The average Bonchev–Trinajstić information content (AvgIpc) is 3.05. The first-order valence-corrected chi connectivity index (χ1v) is 8.85. The smallest absolute Gasteiger partial charge is 0.227 e. The van der Waals surface area contributed by atoms with E-state index in [1.54, 1.807) is 14.2 Å². The van der Waals surface area contributed by atoms with E-state index in [0.717, 1.165) is 30.7 Å².